The highest BCUT2D eigenvalue weighted by Crippen LogP contribution is 2.38. The summed E-state index contributed by atoms with van der Waals surface area (Å²) in [6, 6.07) is 25.6. The molecule has 20 nitrogen and oxygen atoms in total. The van der Waals surface area contributed by atoms with E-state index in [1.54, 1.807) is 35.5 Å². The predicted octanol–water partition coefficient (Wildman–Crippen LogP) is 11.1. The molecule has 4 atom stereocenters. The molecule has 6 aromatic rings. The van der Waals surface area contributed by atoms with Crippen molar-refractivity contribution in [3.8, 4) is 0 Å². The molecule has 0 saturated carbocycles. The van der Waals surface area contributed by atoms with Crippen LogP contribution in [-0.2, 0) is 24.8 Å². The minimum atomic E-state index is -4.34. The molecule has 3 amide bonds. The van der Waals surface area contributed by atoms with Crippen LogP contribution in [0, 0.1) is 11.8 Å². The van der Waals surface area contributed by atoms with Crippen molar-refractivity contribution in [3.05, 3.63) is 151 Å². The van der Waals surface area contributed by atoms with Crippen LogP contribution >= 0.6 is 55.1 Å². The number of sulfonamides is 2. The third-order valence-electron chi connectivity index (χ3n) is 13.3. The SMILES string of the molecule is CC(C)(C)OC(=O)N1C[C@@H](CCC(Nc2cccc(S(=O)(=O)NC(=O)c3ccc(Br)nc3Cl)n2)c2ccccn2)CC1(C)C.CC1(C)C[C@@H](CCC(Nc2cccc(S(=O)(=O)NC(=O)c3ccc(Br)nc3Cl)n2)c2ccccn2)CN1. The van der Waals surface area contributed by atoms with Gasteiger partial charge in [-0.3, -0.25) is 19.6 Å². The molecule has 81 heavy (non-hydrogen) atoms. The molecule has 0 bridgehead atoms. The number of anilines is 2. The lowest BCUT2D eigenvalue weighted by Crippen LogP contribution is -2.45. The standard InChI is InChI=1S/C30H36BrClN6O5S.C25H28BrClN6O3S/c1-29(2,3)43-28(40)38-18-19(17-30(38,4)5)12-14-22(21-9-6-7-16-33-21)34-24-10-8-11-25(36-24)44(41,42)37-27(39)20-13-15-23(31)35-26(20)32;1-25(2)14-16(15-29-25)9-11-19(18-6-3-4-13-28-18)30-21-7-5-8-22(32-21)37(35,36)33-24(34)17-10-12-20(26)31-23(17)27/h6-11,13,15-16,19,22H,12,14,17-18H2,1-5H3,(H,34,36)(H,37,39);3-8,10,12-13,16,19,29H,9,11,14-15H2,1-2H3,(H,30,32)(H,33,34)/t19-,22?;16-,19?/m01/s1. The molecule has 2 saturated heterocycles. The Morgan fingerprint density at radius 2 is 1.14 bits per heavy atom. The summed E-state index contributed by atoms with van der Waals surface area (Å²) in [4.78, 5) is 65.4. The van der Waals surface area contributed by atoms with Crippen molar-refractivity contribution >= 4 is 105 Å². The van der Waals surface area contributed by atoms with Crippen molar-refractivity contribution in [2.24, 2.45) is 11.8 Å². The van der Waals surface area contributed by atoms with Crippen LogP contribution in [0.25, 0.3) is 0 Å². The molecule has 0 radical (unpaired) electrons. The van der Waals surface area contributed by atoms with Gasteiger partial charge in [0.2, 0.25) is 0 Å². The monoisotopic (exact) mass is 1310 g/mol. The van der Waals surface area contributed by atoms with Crippen LogP contribution in [0.3, 0.4) is 0 Å². The van der Waals surface area contributed by atoms with Crippen molar-refractivity contribution in [2.75, 3.05) is 23.7 Å². The maximum absolute atomic E-state index is 13.1. The van der Waals surface area contributed by atoms with E-state index in [4.69, 9.17) is 27.9 Å². The third-order valence-corrected chi connectivity index (χ3v) is 17.2. The minimum Gasteiger partial charge on any atom is -0.444 e. The second-order valence-electron chi connectivity index (χ2n) is 21.9. The smallest absolute Gasteiger partial charge is 0.410 e. The quantitative estimate of drug-likeness (QED) is 0.0501. The van der Waals surface area contributed by atoms with E-state index < -0.39 is 37.5 Å². The highest BCUT2D eigenvalue weighted by Gasteiger charge is 2.43. The molecular weight excluding hydrogens is 1250 g/mol. The lowest BCUT2D eigenvalue weighted by Gasteiger charge is -2.33. The minimum absolute atomic E-state index is 0.0671. The van der Waals surface area contributed by atoms with Crippen molar-refractivity contribution in [1.82, 2.24) is 49.6 Å². The van der Waals surface area contributed by atoms with E-state index in [0.717, 1.165) is 50.0 Å². The van der Waals surface area contributed by atoms with Gasteiger partial charge in [0.15, 0.2) is 10.1 Å². The van der Waals surface area contributed by atoms with Gasteiger partial charge in [0.1, 0.15) is 36.7 Å². The number of aromatic nitrogens is 6. The van der Waals surface area contributed by atoms with E-state index in [2.05, 4.69) is 91.6 Å². The third kappa shape index (κ3) is 17.8. The number of carbonyl (C=O) groups excluding carboxylic acids is 3. The molecule has 2 aliphatic heterocycles. The van der Waals surface area contributed by atoms with E-state index in [1.807, 2.05) is 80.5 Å². The number of likely N-dealkylation sites (tertiary alicyclic amines) is 1. The number of nitrogens with one attached hydrogen (secondary N) is 5. The van der Waals surface area contributed by atoms with Gasteiger partial charge in [0, 0.05) is 30.0 Å². The second-order valence-corrected chi connectivity index (χ2v) is 27.5. The Hall–Kier alpha value is -5.89. The van der Waals surface area contributed by atoms with Crippen LogP contribution in [0.2, 0.25) is 10.3 Å². The Kier molecular flexibility index (Phi) is 20.6. The van der Waals surface area contributed by atoms with Crippen LogP contribution in [0.15, 0.2) is 129 Å². The first kappa shape index (κ1) is 62.7. The number of ether oxygens (including phenoxy) is 1. The number of pyridine rings is 6. The van der Waals surface area contributed by atoms with Crippen molar-refractivity contribution in [2.45, 2.75) is 126 Å². The fourth-order valence-electron chi connectivity index (χ4n) is 9.53. The van der Waals surface area contributed by atoms with Gasteiger partial charge < -0.3 is 25.6 Å². The highest BCUT2D eigenvalue weighted by molar-refractivity contribution is 9.10. The fraction of sp³-hybridized carbons (Fsp3) is 0.400. The molecule has 8 rings (SSSR count). The number of nitrogens with zero attached hydrogens (tertiary/aromatic N) is 7. The number of amides is 3. The van der Waals surface area contributed by atoms with Crippen LogP contribution < -0.4 is 25.4 Å². The summed E-state index contributed by atoms with van der Waals surface area (Å²) >= 11 is 18.3. The summed E-state index contributed by atoms with van der Waals surface area (Å²) in [6.45, 7) is 15.6. The van der Waals surface area contributed by atoms with Gasteiger partial charge in [-0.05, 0) is 210 Å². The zero-order chi connectivity index (χ0) is 58.9. The van der Waals surface area contributed by atoms with E-state index >= 15 is 0 Å². The Morgan fingerprint density at radius 1 is 0.667 bits per heavy atom. The van der Waals surface area contributed by atoms with Gasteiger partial charge in [-0.2, -0.15) is 16.8 Å². The van der Waals surface area contributed by atoms with Gasteiger partial charge in [-0.25, -0.2) is 34.2 Å². The summed E-state index contributed by atoms with van der Waals surface area (Å²) in [6.07, 6.45) is 8.19. The fourth-order valence-corrected chi connectivity index (χ4v) is 12.7. The number of halogens is 4. The van der Waals surface area contributed by atoms with Gasteiger partial charge in [-0.15, -0.1) is 0 Å². The van der Waals surface area contributed by atoms with Crippen LogP contribution in [-0.4, -0.2) is 99.3 Å². The number of rotatable bonds is 18. The first-order chi connectivity index (χ1) is 38.1. The van der Waals surface area contributed by atoms with Gasteiger partial charge >= 0.3 is 6.09 Å². The molecule has 8 heterocycles. The van der Waals surface area contributed by atoms with Crippen molar-refractivity contribution in [3.63, 3.8) is 0 Å². The lowest BCUT2D eigenvalue weighted by atomic mass is 9.91. The van der Waals surface area contributed by atoms with Gasteiger partial charge in [-0.1, -0.05) is 47.5 Å². The molecule has 0 spiro atoms. The molecule has 432 valence electrons. The van der Waals surface area contributed by atoms with Crippen LogP contribution in [0.1, 0.15) is 131 Å². The molecule has 5 N–H and O–H groups in total. The van der Waals surface area contributed by atoms with Gasteiger partial charge in [0.05, 0.1) is 34.6 Å². The van der Waals surface area contributed by atoms with E-state index in [1.165, 1.54) is 42.5 Å². The Morgan fingerprint density at radius 3 is 1.54 bits per heavy atom. The van der Waals surface area contributed by atoms with E-state index in [-0.39, 0.29) is 66.7 Å². The predicted molar refractivity (Wildman–Crippen MR) is 317 cm³/mol. The summed E-state index contributed by atoms with van der Waals surface area (Å²) in [5.74, 6) is -0.412. The summed E-state index contributed by atoms with van der Waals surface area (Å²) in [7, 11) is -8.61. The molecule has 0 aliphatic carbocycles. The number of carbonyl (C=O) groups is 3. The number of hydrogen-bond acceptors (Lipinski definition) is 17. The van der Waals surface area contributed by atoms with Gasteiger partial charge in [0.25, 0.3) is 31.9 Å². The Balaban J connectivity index is 0.000000237. The summed E-state index contributed by atoms with van der Waals surface area (Å²) < 4.78 is 62.6. The lowest BCUT2D eigenvalue weighted by molar-refractivity contribution is 0.0130. The topological polar surface area (TPSA) is 269 Å². The zero-order valence-electron chi connectivity index (χ0n) is 45.6. The van der Waals surface area contributed by atoms with Crippen LogP contribution in [0.4, 0.5) is 16.4 Å². The number of hydrogen-bond donors (Lipinski definition) is 5. The van der Waals surface area contributed by atoms with Crippen LogP contribution in [0.5, 0.6) is 0 Å². The molecule has 0 aromatic carbocycles. The molecule has 2 unspecified atom stereocenters. The Labute approximate surface area is 499 Å². The summed E-state index contributed by atoms with van der Waals surface area (Å²) in [5.41, 5.74) is 0.629. The largest absolute Gasteiger partial charge is 0.444 e. The average Bonchev–Trinajstić information content (AvgIpc) is 3.93. The highest BCUT2D eigenvalue weighted by atomic mass is 79.9. The Bertz CT molecular complexity index is 3440. The normalized spacial score (nSPS) is 17.4. The maximum Gasteiger partial charge on any atom is 0.410 e. The molecule has 2 aliphatic rings. The van der Waals surface area contributed by atoms with Crippen molar-refractivity contribution in [1.29, 1.82) is 0 Å². The first-order valence-electron chi connectivity index (χ1n) is 25.9. The second kappa shape index (κ2) is 26.6. The molecule has 2 fully saturated rings. The van der Waals surface area contributed by atoms with E-state index in [0.29, 0.717) is 39.7 Å². The molecule has 26 heteroatoms. The first-order valence-corrected chi connectivity index (χ1v) is 31.2. The molecule has 6 aromatic heterocycles. The van der Waals surface area contributed by atoms with E-state index in [9.17, 15) is 31.2 Å². The maximum atomic E-state index is 13.1. The summed E-state index contributed by atoms with van der Waals surface area (Å²) in [5, 5.41) is 9.32. The molecular formula is C55H64Br2Cl2N12O8S2. The average molecular weight is 1320 g/mol. The zero-order valence-corrected chi connectivity index (χ0v) is 51.9. The van der Waals surface area contributed by atoms with Crippen molar-refractivity contribution < 1.29 is 36.0 Å².